The Morgan fingerprint density at radius 3 is 2.28 bits per heavy atom. The topological polar surface area (TPSA) is 93.6 Å². The first-order valence-corrected chi connectivity index (χ1v) is 13.9. The molecule has 0 saturated carbocycles. The van der Waals surface area contributed by atoms with Gasteiger partial charge in [0.05, 0.1) is 16.3 Å². The molecule has 1 N–H and O–H groups in total. The van der Waals surface area contributed by atoms with Gasteiger partial charge in [-0.25, -0.2) is 13.4 Å². The number of unbranched alkanes of at least 4 members (excludes halogenated alkanes) is 7. The van der Waals surface area contributed by atoms with Crippen LogP contribution in [0.1, 0.15) is 78.7 Å². The van der Waals surface area contributed by atoms with Crippen LogP contribution >= 0.6 is 11.3 Å². The molecule has 32 heavy (non-hydrogen) atoms. The summed E-state index contributed by atoms with van der Waals surface area (Å²) in [5, 5.41) is 9.41. The molecule has 0 aliphatic carbocycles. The molecule has 0 radical (unpaired) electrons. The third kappa shape index (κ3) is 8.64. The standard InChI is InChI=1S/C24H35NO5S2/c1-3-4-5-6-7-8-9-10-17-32(28,29)21-13-11-20(12-14-21)30-18-22(27)24-25-19(2)23(31-24)15-16-26/h11-14,26H,3-10,15-18H2,1-2H3. The third-order valence-electron chi connectivity index (χ3n) is 5.29. The molecule has 0 bridgehead atoms. The van der Waals surface area contributed by atoms with Crippen LogP contribution in [-0.4, -0.2) is 43.3 Å². The molecule has 0 aliphatic heterocycles. The van der Waals surface area contributed by atoms with E-state index in [0.717, 1.165) is 23.4 Å². The fourth-order valence-electron chi connectivity index (χ4n) is 3.38. The maximum Gasteiger partial charge on any atom is 0.228 e. The number of carbonyl (C=O) groups is 1. The van der Waals surface area contributed by atoms with Crippen molar-refractivity contribution < 1.29 is 23.1 Å². The van der Waals surface area contributed by atoms with Crippen LogP contribution in [-0.2, 0) is 16.3 Å². The second-order valence-corrected chi connectivity index (χ2v) is 11.2. The molecule has 0 aliphatic rings. The molecule has 1 aromatic carbocycles. The zero-order valence-electron chi connectivity index (χ0n) is 19.1. The summed E-state index contributed by atoms with van der Waals surface area (Å²) in [4.78, 5) is 17.7. The number of ether oxygens (including phenoxy) is 1. The number of carbonyl (C=O) groups excluding carboxylic acids is 1. The zero-order valence-corrected chi connectivity index (χ0v) is 20.8. The highest BCUT2D eigenvalue weighted by Gasteiger charge is 2.16. The predicted molar refractivity (Wildman–Crippen MR) is 129 cm³/mol. The molecular formula is C24H35NO5S2. The number of thiazole rings is 1. The highest BCUT2D eigenvalue weighted by Crippen LogP contribution is 2.21. The Morgan fingerprint density at radius 1 is 1.03 bits per heavy atom. The number of aliphatic hydroxyl groups is 1. The highest BCUT2D eigenvalue weighted by molar-refractivity contribution is 7.91. The van der Waals surface area contributed by atoms with Gasteiger partial charge < -0.3 is 9.84 Å². The van der Waals surface area contributed by atoms with Crippen LogP contribution in [0.3, 0.4) is 0 Å². The van der Waals surface area contributed by atoms with Gasteiger partial charge in [-0.1, -0.05) is 51.9 Å². The summed E-state index contributed by atoms with van der Waals surface area (Å²) in [7, 11) is -3.31. The van der Waals surface area contributed by atoms with E-state index in [1.807, 2.05) is 6.92 Å². The van der Waals surface area contributed by atoms with E-state index in [9.17, 15) is 13.2 Å². The van der Waals surface area contributed by atoms with Gasteiger partial charge in [-0.2, -0.15) is 0 Å². The van der Waals surface area contributed by atoms with Crippen molar-refractivity contribution in [2.45, 2.75) is 76.5 Å². The van der Waals surface area contributed by atoms with Crippen LogP contribution in [0, 0.1) is 6.92 Å². The SMILES string of the molecule is CCCCCCCCCCS(=O)(=O)c1ccc(OCC(=O)c2nc(C)c(CCO)s2)cc1. The van der Waals surface area contributed by atoms with Crippen molar-refractivity contribution in [3.8, 4) is 5.75 Å². The van der Waals surface area contributed by atoms with Gasteiger partial charge in [0.2, 0.25) is 5.78 Å². The molecule has 0 amide bonds. The number of aromatic nitrogens is 1. The van der Waals surface area contributed by atoms with E-state index >= 15 is 0 Å². The summed E-state index contributed by atoms with van der Waals surface area (Å²) in [6.07, 6.45) is 9.36. The number of hydrogen-bond acceptors (Lipinski definition) is 7. The molecular weight excluding hydrogens is 446 g/mol. The highest BCUT2D eigenvalue weighted by atomic mass is 32.2. The van der Waals surface area contributed by atoms with Crippen molar-refractivity contribution >= 4 is 27.0 Å². The van der Waals surface area contributed by atoms with Gasteiger partial charge in [-0.05, 0) is 37.6 Å². The average Bonchev–Trinajstić information content (AvgIpc) is 3.15. The first kappa shape index (κ1) is 26.5. The Morgan fingerprint density at radius 2 is 1.66 bits per heavy atom. The maximum absolute atomic E-state index is 12.5. The van der Waals surface area contributed by atoms with Crippen LogP contribution in [0.2, 0.25) is 0 Å². The van der Waals surface area contributed by atoms with Crippen LogP contribution in [0.4, 0.5) is 0 Å². The lowest BCUT2D eigenvalue weighted by Crippen LogP contribution is -2.11. The number of benzene rings is 1. The number of nitrogens with zero attached hydrogens (tertiary/aromatic N) is 1. The minimum Gasteiger partial charge on any atom is -0.485 e. The summed E-state index contributed by atoms with van der Waals surface area (Å²) >= 11 is 1.27. The van der Waals surface area contributed by atoms with Crippen molar-refractivity contribution in [3.63, 3.8) is 0 Å². The van der Waals surface area contributed by atoms with Gasteiger partial charge in [-0.15, -0.1) is 11.3 Å². The number of ketones is 1. The minimum atomic E-state index is -3.31. The zero-order chi connectivity index (χ0) is 23.4. The van der Waals surface area contributed by atoms with E-state index in [0.29, 0.717) is 23.6 Å². The number of hydrogen-bond donors (Lipinski definition) is 1. The normalized spacial score (nSPS) is 11.6. The Kier molecular flexibility index (Phi) is 11.3. The smallest absolute Gasteiger partial charge is 0.228 e. The maximum atomic E-state index is 12.5. The van der Waals surface area contributed by atoms with E-state index in [-0.39, 0.29) is 29.6 Å². The first-order chi connectivity index (χ1) is 15.4. The summed E-state index contributed by atoms with van der Waals surface area (Å²) in [5.41, 5.74) is 0.749. The fourth-order valence-corrected chi connectivity index (χ4v) is 5.72. The van der Waals surface area contributed by atoms with Gasteiger partial charge in [0, 0.05) is 17.9 Å². The summed E-state index contributed by atoms with van der Waals surface area (Å²) in [6.45, 7) is 3.85. The van der Waals surface area contributed by atoms with Gasteiger partial charge in [0.15, 0.2) is 21.5 Å². The quantitative estimate of drug-likeness (QED) is 0.263. The molecule has 1 aromatic heterocycles. The predicted octanol–water partition coefficient (Wildman–Crippen LogP) is 5.16. The third-order valence-corrected chi connectivity index (χ3v) is 8.36. The van der Waals surface area contributed by atoms with Crippen molar-refractivity contribution in [2.75, 3.05) is 19.0 Å². The molecule has 2 rings (SSSR count). The largest absolute Gasteiger partial charge is 0.485 e. The van der Waals surface area contributed by atoms with Crippen LogP contribution in [0.25, 0.3) is 0 Å². The molecule has 0 spiro atoms. The molecule has 0 unspecified atom stereocenters. The second-order valence-electron chi connectivity index (χ2n) is 7.98. The van der Waals surface area contributed by atoms with Gasteiger partial charge >= 0.3 is 0 Å². The summed E-state index contributed by atoms with van der Waals surface area (Å²) in [5.74, 6) is 0.349. The molecule has 8 heteroatoms. The molecule has 0 fully saturated rings. The van der Waals surface area contributed by atoms with Gasteiger partial charge in [0.1, 0.15) is 5.75 Å². The Bertz CT molecular complexity index is 936. The average molecular weight is 482 g/mol. The lowest BCUT2D eigenvalue weighted by Gasteiger charge is -2.07. The lowest BCUT2D eigenvalue weighted by molar-refractivity contribution is 0.0921. The van der Waals surface area contributed by atoms with Crippen LogP contribution in [0.5, 0.6) is 5.75 Å². The van der Waals surface area contributed by atoms with Crippen LogP contribution in [0.15, 0.2) is 29.2 Å². The van der Waals surface area contributed by atoms with E-state index in [1.165, 1.54) is 55.6 Å². The van der Waals surface area contributed by atoms with Crippen LogP contribution < -0.4 is 4.74 Å². The second kappa shape index (κ2) is 13.7. The van der Waals surface area contributed by atoms with Crippen molar-refractivity contribution in [1.29, 1.82) is 0 Å². The van der Waals surface area contributed by atoms with E-state index in [1.54, 1.807) is 12.1 Å². The molecule has 0 saturated heterocycles. The molecule has 1 heterocycles. The summed E-state index contributed by atoms with van der Waals surface area (Å²) in [6, 6.07) is 6.23. The number of sulfone groups is 1. The van der Waals surface area contributed by atoms with E-state index in [2.05, 4.69) is 11.9 Å². The summed E-state index contributed by atoms with van der Waals surface area (Å²) < 4.78 is 30.6. The molecule has 6 nitrogen and oxygen atoms in total. The van der Waals surface area contributed by atoms with Crippen molar-refractivity contribution in [2.24, 2.45) is 0 Å². The number of aryl methyl sites for hydroxylation is 1. The first-order valence-electron chi connectivity index (χ1n) is 11.4. The Balaban J connectivity index is 1.78. The van der Waals surface area contributed by atoms with Crippen molar-refractivity contribution in [3.05, 3.63) is 39.8 Å². The van der Waals surface area contributed by atoms with Gasteiger partial charge in [0.25, 0.3) is 0 Å². The molecule has 2 aromatic rings. The number of aliphatic hydroxyl groups excluding tert-OH is 1. The molecule has 178 valence electrons. The Labute approximate surface area is 196 Å². The van der Waals surface area contributed by atoms with Crippen molar-refractivity contribution in [1.82, 2.24) is 4.98 Å². The number of Topliss-reactive ketones (excluding diaryl/α,β-unsaturated/α-hetero) is 1. The van der Waals surface area contributed by atoms with E-state index < -0.39 is 9.84 Å². The fraction of sp³-hybridized carbons (Fsp3) is 0.583. The monoisotopic (exact) mass is 481 g/mol. The van der Waals surface area contributed by atoms with Gasteiger partial charge in [-0.3, -0.25) is 4.79 Å². The number of rotatable bonds is 16. The minimum absolute atomic E-state index is 0.0153. The Hall–Kier alpha value is -1.77. The molecule has 0 atom stereocenters. The van der Waals surface area contributed by atoms with E-state index in [4.69, 9.17) is 9.84 Å². The lowest BCUT2D eigenvalue weighted by atomic mass is 10.1.